The van der Waals surface area contributed by atoms with Gasteiger partial charge in [-0.05, 0) is 80.4 Å². The smallest absolute Gasteiger partial charge is 0.303 e. The molecule has 2 fully saturated rings. The molecule has 192 valence electrons. The summed E-state index contributed by atoms with van der Waals surface area (Å²) in [6, 6.07) is 5.50. The number of aromatic nitrogens is 1. The third-order valence-corrected chi connectivity index (χ3v) is 6.88. The number of halogens is 1. The molecule has 2 aliphatic rings. The van der Waals surface area contributed by atoms with Crippen LogP contribution in [0.1, 0.15) is 107 Å². The minimum Gasteiger partial charge on any atom is -0.481 e. The number of rotatable bonds is 8. The summed E-state index contributed by atoms with van der Waals surface area (Å²) in [5.74, 6) is 2.12. The van der Waals surface area contributed by atoms with Crippen LogP contribution in [-0.2, 0) is 16.0 Å². The number of nitrogens with one attached hydrogen (secondary N) is 1. The normalized spacial score (nSPS) is 19.4. The highest BCUT2D eigenvalue weighted by Crippen LogP contribution is 2.52. The van der Waals surface area contributed by atoms with E-state index < -0.39 is 5.97 Å². The van der Waals surface area contributed by atoms with Crippen molar-refractivity contribution < 1.29 is 19.2 Å². The molecular formula is C28H39ClN2O4. The van der Waals surface area contributed by atoms with E-state index in [2.05, 4.69) is 31.2 Å². The second-order valence-electron chi connectivity index (χ2n) is 11.4. The van der Waals surface area contributed by atoms with E-state index in [0.29, 0.717) is 40.8 Å². The van der Waals surface area contributed by atoms with Crippen molar-refractivity contribution in [3.8, 4) is 0 Å². The molecule has 7 heteroatoms. The molecule has 0 saturated heterocycles. The number of carboxylic acids is 1. The summed E-state index contributed by atoms with van der Waals surface area (Å²) in [6.45, 7) is 10.3. The highest BCUT2D eigenvalue weighted by molar-refractivity contribution is 6.33. The van der Waals surface area contributed by atoms with Gasteiger partial charge in [0.05, 0.1) is 16.4 Å². The predicted molar refractivity (Wildman–Crippen MR) is 139 cm³/mol. The first kappa shape index (κ1) is 27.3. The molecule has 1 amide bonds. The van der Waals surface area contributed by atoms with Gasteiger partial charge in [-0.1, -0.05) is 43.6 Å². The number of aryl methyl sites for hydroxylation is 2. The molecule has 0 unspecified atom stereocenters. The second-order valence-corrected chi connectivity index (χ2v) is 11.8. The Kier molecular flexibility index (Phi) is 9.03. The van der Waals surface area contributed by atoms with Crippen molar-refractivity contribution in [1.82, 2.24) is 5.16 Å². The standard InChI is InChI=1S/C19H29NO3.C9H10ClNO/c1-19(2,3)11-12-9-14(10-12)18-17(13-7-8-13)15(23-20-18)5-4-6-16(21)22;1-6-3-4-9(8(10)5-6)11-7(2)12/h12-14H,4-11H2,1-3H3,(H,21,22);3-5H,1-2H3,(H,11,12). The topological polar surface area (TPSA) is 92.4 Å². The van der Waals surface area contributed by atoms with E-state index in [4.69, 9.17) is 21.2 Å². The number of carboxylic acid groups (broad SMARTS) is 1. The van der Waals surface area contributed by atoms with E-state index in [1.165, 1.54) is 50.3 Å². The molecule has 6 nitrogen and oxygen atoms in total. The molecule has 4 rings (SSSR count). The first-order chi connectivity index (χ1) is 16.4. The molecule has 1 aromatic heterocycles. The average Bonchev–Trinajstić information content (AvgIpc) is 3.46. The summed E-state index contributed by atoms with van der Waals surface area (Å²) < 4.78 is 5.63. The lowest BCUT2D eigenvalue weighted by Crippen LogP contribution is -2.27. The van der Waals surface area contributed by atoms with Crippen molar-refractivity contribution in [2.75, 3.05) is 5.32 Å². The summed E-state index contributed by atoms with van der Waals surface area (Å²) >= 11 is 5.86. The highest BCUT2D eigenvalue weighted by Gasteiger charge is 2.40. The summed E-state index contributed by atoms with van der Waals surface area (Å²) in [7, 11) is 0. The zero-order valence-electron chi connectivity index (χ0n) is 21.6. The Morgan fingerprint density at radius 1 is 1.20 bits per heavy atom. The maximum atomic E-state index is 10.7. The Hall–Kier alpha value is -2.34. The van der Waals surface area contributed by atoms with Crippen LogP contribution >= 0.6 is 11.6 Å². The van der Waals surface area contributed by atoms with Gasteiger partial charge in [-0.2, -0.15) is 0 Å². The molecule has 2 saturated carbocycles. The van der Waals surface area contributed by atoms with E-state index in [1.807, 2.05) is 19.1 Å². The van der Waals surface area contributed by atoms with Gasteiger partial charge in [-0.15, -0.1) is 0 Å². The Labute approximate surface area is 213 Å². The molecule has 1 heterocycles. The minimum atomic E-state index is -0.735. The predicted octanol–water partition coefficient (Wildman–Crippen LogP) is 7.50. The van der Waals surface area contributed by atoms with Gasteiger partial charge in [-0.3, -0.25) is 9.59 Å². The Morgan fingerprint density at radius 2 is 1.89 bits per heavy atom. The molecule has 1 aromatic carbocycles. The van der Waals surface area contributed by atoms with Crippen LogP contribution < -0.4 is 5.32 Å². The van der Waals surface area contributed by atoms with Gasteiger partial charge in [0.1, 0.15) is 5.76 Å². The van der Waals surface area contributed by atoms with Crippen LogP contribution in [-0.4, -0.2) is 22.1 Å². The highest BCUT2D eigenvalue weighted by atomic mass is 35.5. The minimum absolute atomic E-state index is 0.110. The quantitative estimate of drug-likeness (QED) is 0.390. The van der Waals surface area contributed by atoms with Crippen molar-refractivity contribution >= 4 is 29.2 Å². The number of hydrogen-bond acceptors (Lipinski definition) is 4. The zero-order chi connectivity index (χ0) is 25.8. The zero-order valence-corrected chi connectivity index (χ0v) is 22.4. The number of aliphatic carboxylic acids is 1. The van der Waals surface area contributed by atoms with E-state index >= 15 is 0 Å². The maximum absolute atomic E-state index is 10.7. The fraction of sp³-hybridized carbons (Fsp3) is 0.607. The maximum Gasteiger partial charge on any atom is 0.303 e. The van der Waals surface area contributed by atoms with Crippen molar-refractivity contribution in [2.45, 2.75) is 97.8 Å². The largest absolute Gasteiger partial charge is 0.481 e. The first-order valence-electron chi connectivity index (χ1n) is 12.7. The van der Waals surface area contributed by atoms with Crippen LogP contribution in [0.15, 0.2) is 22.7 Å². The number of hydrogen-bond donors (Lipinski definition) is 2. The van der Waals surface area contributed by atoms with Crippen molar-refractivity contribution in [3.63, 3.8) is 0 Å². The molecule has 0 bridgehead atoms. The van der Waals surface area contributed by atoms with Crippen LogP contribution in [0.25, 0.3) is 0 Å². The Bertz CT molecular complexity index is 1030. The fourth-order valence-corrected chi connectivity index (χ4v) is 5.21. The van der Waals surface area contributed by atoms with Crippen LogP contribution in [0.5, 0.6) is 0 Å². The summed E-state index contributed by atoms with van der Waals surface area (Å²) in [5.41, 5.74) is 4.68. The lowest BCUT2D eigenvalue weighted by Gasteiger charge is -2.38. The summed E-state index contributed by atoms with van der Waals surface area (Å²) in [4.78, 5) is 21.4. The van der Waals surface area contributed by atoms with Crippen LogP contribution in [0, 0.1) is 18.3 Å². The van der Waals surface area contributed by atoms with Crippen LogP contribution in [0.3, 0.4) is 0 Å². The number of amides is 1. The molecule has 0 aliphatic heterocycles. The van der Waals surface area contributed by atoms with Gasteiger partial charge in [-0.25, -0.2) is 0 Å². The third-order valence-electron chi connectivity index (χ3n) is 6.57. The lowest BCUT2D eigenvalue weighted by molar-refractivity contribution is -0.137. The van der Waals surface area contributed by atoms with Gasteiger partial charge < -0.3 is 14.9 Å². The lowest BCUT2D eigenvalue weighted by atomic mass is 9.66. The molecule has 35 heavy (non-hydrogen) atoms. The molecule has 2 N–H and O–H groups in total. The van der Waals surface area contributed by atoms with Crippen molar-refractivity contribution in [3.05, 3.63) is 45.8 Å². The Morgan fingerprint density at radius 3 is 2.43 bits per heavy atom. The SMILES string of the molecule is CC(=O)Nc1ccc(C)cc1Cl.CC(C)(C)CC1CC(c2noc(CCCC(=O)O)c2C2CC2)C1. The molecule has 0 atom stereocenters. The Balaban J connectivity index is 0.000000241. The van der Waals surface area contributed by atoms with E-state index in [-0.39, 0.29) is 12.3 Å². The van der Waals surface area contributed by atoms with Gasteiger partial charge >= 0.3 is 5.97 Å². The van der Waals surface area contributed by atoms with Crippen molar-refractivity contribution in [1.29, 1.82) is 0 Å². The van der Waals surface area contributed by atoms with E-state index in [9.17, 15) is 9.59 Å². The second kappa shape index (κ2) is 11.6. The average molecular weight is 503 g/mol. The number of anilines is 1. The molecular weight excluding hydrogens is 464 g/mol. The monoisotopic (exact) mass is 502 g/mol. The van der Waals surface area contributed by atoms with Gasteiger partial charge in [0.2, 0.25) is 5.91 Å². The van der Waals surface area contributed by atoms with Crippen LogP contribution in [0.4, 0.5) is 5.69 Å². The fourth-order valence-electron chi connectivity index (χ4n) is 4.93. The number of carbonyl (C=O) groups is 2. The van der Waals surface area contributed by atoms with E-state index in [0.717, 1.165) is 17.2 Å². The van der Waals surface area contributed by atoms with Gasteiger partial charge in [0.25, 0.3) is 0 Å². The molecule has 2 aliphatic carbocycles. The molecule has 0 radical (unpaired) electrons. The molecule has 0 spiro atoms. The van der Waals surface area contributed by atoms with Gasteiger partial charge in [0, 0.05) is 31.2 Å². The van der Waals surface area contributed by atoms with Crippen LogP contribution in [0.2, 0.25) is 5.02 Å². The van der Waals surface area contributed by atoms with Crippen molar-refractivity contribution in [2.24, 2.45) is 11.3 Å². The molecule has 2 aromatic rings. The third kappa shape index (κ3) is 8.38. The summed E-state index contributed by atoms with van der Waals surface area (Å²) in [5, 5.41) is 16.4. The number of nitrogens with zero attached hydrogens (tertiary/aromatic N) is 1. The van der Waals surface area contributed by atoms with Gasteiger partial charge in [0.15, 0.2) is 0 Å². The van der Waals surface area contributed by atoms with E-state index in [1.54, 1.807) is 6.07 Å². The number of benzene rings is 1. The number of carbonyl (C=O) groups excluding carboxylic acids is 1. The summed E-state index contributed by atoms with van der Waals surface area (Å²) in [6.07, 6.45) is 7.78. The first-order valence-corrected chi connectivity index (χ1v) is 13.0.